The van der Waals surface area contributed by atoms with Gasteiger partial charge in [0.15, 0.2) is 0 Å². The van der Waals surface area contributed by atoms with Crippen LogP contribution in [0.2, 0.25) is 0 Å². The first-order valence-electron chi connectivity index (χ1n) is 8.63. The quantitative estimate of drug-likeness (QED) is 0.657. The van der Waals surface area contributed by atoms with Gasteiger partial charge in [0.1, 0.15) is 17.8 Å². The predicted octanol–water partition coefficient (Wildman–Crippen LogP) is 3.88. The van der Waals surface area contributed by atoms with Gasteiger partial charge in [0.25, 0.3) is 5.91 Å². The molecule has 0 spiro atoms. The average molecular weight is 376 g/mol. The van der Waals surface area contributed by atoms with Gasteiger partial charge in [-0.3, -0.25) is 4.79 Å². The highest BCUT2D eigenvalue weighted by Crippen LogP contribution is 2.23. The Kier molecular flexibility index (Phi) is 5.64. The zero-order valence-corrected chi connectivity index (χ0v) is 15.8. The van der Waals surface area contributed by atoms with Crippen LogP contribution in [0.25, 0.3) is 0 Å². The Morgan fingerprint density at radius 1 is 0.964 bits per heavy atom. The van der Waals surface area contributed by atoms with Crippen molar-refractivity contribution in [1.29, 1.82) is 0 Å². The lowest BCUT2D eigenvalue weighted by molar-refractivity contribution is 0.0600. The van der Waals surface area contributed by atoms with Crippen molar-refractivity contribution in [3.63, 3.8) is 0 Å². The van der Waals surface area contributed by atoms with Crippen LogP contribution in [0.15, 0.2) is 54.9 Å². The largest absolute Gasteiger partial charge is 0.465 e. The number of carbonyl (C=O) groups excluding carboxylic acids is 2. The molecule has 2 N–H and O–H groups in total. The number of carbonyl (C=O) groups is 2. The Morgan fingerprint density at radius 2 is 1.64 bits per heavy atom. The number of rotatable bonds is 5. The minimum atomic E-state index is -0.434. The second-order valence-electron chi connectivity index (χ2n) is 6.20. The summed E-state index contributed by atoms with van der Waals surface area (Å²) in [5, 5.41) is 5.99. The van der Waals surface area contributed by atoms with Crippen LogP contribution >= 0.6 is 0 Å². The second kappa shape index (κ2) is 8.30. The first kappa shape index (κ1) is 19.0. The maximum absolute atomic E-state index is 12.5. The molecule has 0 fully saturated rings. The Hall–Kier alpha value is -3.74. The van der Waals surface area contributed by atoms with Crippen LogP contribution < -0.4 is 10.6 Å². The van der Waals surface area contributed by atoms with E-state index in [0.29, 0.717) is 17.1 Å². The molecule has 0 unspecified atom stereocenters. The molecule has 1 heterocycles. The number of hydrogen-bond donors (Lipinski definition) is 2. The van der Waals surface area contributed by atoms with Crippen molar-refractivity contribution >= 4 is 29.1 Å². The van der Waals surface area contributed by atoms with Crippen molar-refractivity contribution < 1.29 is 14.3 Å². The van der Waals surface area contributed by atoms with Gasteiger partial charge in [-0.05, 0) is 49.2 Å². The van der Waals surface area contributed by atoms with Gasteiger partial charge in [0, 0.05) is 17.4 Å². The van der Waals surface area contributed by atoms with Gasteiger partial charge < -0.3 is 15.4 Å². The van der Waals surface area contributed by atoms with E-state index in [-0.39, 0.29) is 11.6 Å². The van der Waals surface area contributed by atoms with Crippen LogP contribution in [0.3, 0.4) is 0 Å². The Morgan fingerprint density at radius 3 is 2.29 bits per heavy atom. The third-order valence-electron chi connectivity index (χ3n) is 4.20. The monoisotopic (exact) mass is 376 g/mol. The van der Waals surface area contributed by atoms with Crippen LogP contribution in [0.1, 0.15) is 32.0 Å². The van der Waals surface area contributed by atoms with E-state index in [4.69, 9.17) is 0 Å². The molecule has 1 amide bonds. The van der Waals surface area contributed by atoms with E-state index in [1.165, 1.54) is 13.4 Å². The molecule has 142 valence electrons. The van der Waals surface area contributed by atoms with Gasteiger partial charge in [-0.25, -0.2) is 14.8 Å². The topological polar surface area (TPSA) is 93.2 Å². The fraction of sp³-hybridized carbons (Fsp3) is 0.143. The number of methoxy groups -OCH3 is 1. The molecule has 0 saturated carbocycles. The highest BCUT2D eigenvalue weighted by atomic mass is 16.5. The highest BCUT2D eigenvalue weighted by molar-refractivity contribution is 6.03. The number of para-hydroxylation sites is 1. The van der Waals surface area contributed by atoms with E-state index in [0.717, 1.165) is 16.8 Å². The van der Waals surface area contributed by atoms with Crippen LogP contribution in [0, 0.1) is 13.8 Å². The summed E-state index contributed by atoms with van der Waals surface area (Å²) in [6.07, 6.45) is 1.34. The van der Waals surface area contributed by atoms with Crippen molar-refractivity contribution in [2.24, 2.45) is 0 Å². The molecule has 3 aromatic rings. The lowest BCUT2D eigenvalue weighted by Gasteiger charge is -2.12. The van der Waals surface area contributed by atoms with E-state index < -0.39 is 5.97 Å². The zero-order chi connectivity index (χ0) is 20.1. The number of nitrogens with one attached hydrogen (secondary N) is 2. The van der Waals surface area contributed by atoms with Crippen LogP contribution in [0.5, 0.6) is 0 Å². The van der Waals surface area contributed by atoms with Crippen molar-refractivity contribution in [3.05, 3.63) is 77.2 Å². The van der Waals surface area contributed by atoms with Crippen LogP contribution in [-0.2, 0) is 4.74 Å². The summed E-state index contributed by atoms with van der Waals surface area (Å²) in [5.41, 5.74) is 4.28. The molecule has 0 atom stereocenters. The summed E-state index contributed by atoms with van der Waals surface area (Å²) >= 11 is 0. The van der Waals surface area contributed by atoms with Crippen LogP contribution in [-0.4, -0.2) is 29.0 Å². The summed E-state index contributed by atoms with van der Waals surface area (Å²) in [7, 11) is 1.32. The van der Waals surface area contributed by atoms with Crippen molar-refractivity contribution in [2.45, 2.75) is 13.8 Å². The molecule has 0 bridgehead atoms. The zero-order valence-electron chi connectivity index (χ0n) is 15.8. The molecule has 0 aliphatic carbocycles. The van der Waals surface area contributed by atoms with Crippen LogP contribution in [0.4, 0.5) is 17.2 Å². The van der Waals surface area contributed by atoms with E-state index >= 15 is 0 Å². The van der Waals surface area contributed by atoms with Gasteiger partial charge in [-0.15, -0.1) is 0 Å². The Bertz CT molecular complexity index is 996. The summed E-state index contributed by atoms with van der Waals surface area (Å²) in [4.78, 5) is 32.2. The van der Waals surface area contributed by atoms with Gasteiger partial charge in [-0.1, -0.05) is 18.2 Å². The number of hydrogen-bond acceptors (Lipinski definition) is 6. The van der Waals surface area contributed by atoms with Gasteiger partial charge in [0.05, 0.1) is 12.7 Å². The minimum absolute atomic E-state index is 0.223. The SMILES string of the molecule is COC(=O)c1ccc(NC(=O)c2cc(Nc3c(C)cccc3C)ncn2)cc1. The summed E-state index contributed by atoms with van der Waals surface area (Å²) in [6.45, 7) is 4.00. The molecule has 0 radical (unpaired) electrons. The molecule has 0 aliphatic rings. The first-order valence-corrected chi connectivity index (χ1v) is 8.63. The summed E-state index contributed by atoms with van der Waals surface area (Å²) < 4.78 is 4.66. The molecule has 7 heteroatoms. The predicted molar refractivity (Wildman–Crippen MR) is 107 cm³/mol. The number of ether oxygens (including phenoxy) is 1. The molecule has 28 heavy (non-hydrogen) atoms. The lowest BCUT2D eigenvalue weighted by atomic mass is 10.1. The third kappa shape index (κ3) is 4.32. The highest BCUT2D eigenvalue weighted by Gasteiger charge is 2.11. The molecule has 1 aromatic heterocycles. The Labute approximate surface area is 162 Å². The first-order chi connectivity index (χ1) is 13.5. The fourth-order valence-electron chi connectivity index (χ4n) is 2.69. The smallest absolute Gasteiger partial charge is 0.337 e. The number of anilines is 3. The van der Waals surface area contributed by atoms with Crippen molar-refractivity contribution in [2.75, 3.05) is 17.7 Å². The summed E-state index contributed by atoms with van der Waals surface area (Å²) in [6, 6.07) is 14.0. The van der Waals surface area contributed by atoms with Crippen molar-refractivity contribution in [3.8, 4) is 0 Å². The number of nitrogens with zero attached hydrogens (tertiary/aromatic N) is 2. The number of benzene rings is 2. The third-order valence-corrected chi connectivity index (χ3v) is 4.20. The maximum Gasteiger partial charge on any atom is 0.337 e. The van der Waals surface area contributed by atoms with Gasteiger partial charge in [-0.2, -0.15) is 0 Å². The Balaban J connectivity index is 1.74. The van der Waals surface area contributed by atoms with E-state index in [2.05, 4.69) is 25.3 Å². The van der Waals surface area contributed by atoms with E-state index in [1.807, 2.05) is 32.0 Å². The number of aryl methyl sites for hydroxylation is 2. The molecule has 3 rings (SSSR count). The van der Waals surface area contributed by atoms with E-state index in [1.54, 1.807) is 30.3 Å². The maximum atomic E-state index is 12.5. The van der Waals surface area contributed by atoms with E-state index in [9.17, 15) is 9.59 Å². The van der Waals surface area contributed by atoms with Crippen molar-refractivity contribution in [1.82, 2.24) is 9.97 Å². The number of esters is 1. The lowest BCUT2D eigenvalue weighted by Crippen LogP contribution is -2.14. The summed E-state index contributed by atoms with van der Waals surface area (Å²) in [5.74, 6) is -0.285. The number of amides is 1. The normalized spacial score (nSPS) is 10.2. The molecule has 2 aromatic carbocycles. The number of aromatic nitrogens is 2. The van der Waals surface area contributed by atoms with Gasteiger partial charge in [0.2, 0.25) is 0 Å². The molecular weight excluding hydrogens is 356 g/mol. The molecule has 0 aliphatic heterocycles. The molecular formula is C21H20N4O3. The average Bonchev–Trinajstić information content (AvgIpc) is 2.71. The standard InChI is InChI=1S/C21H20N4O3/c1-13-5-4-6-14(2)19(13)25-18-11-17(22-12-23-18)20(26)24-16-9-7-15(8-10-16)21(27)28-3/h4-12H,1-3H3,(H,24,26)(H,22,23,25). The minimum Gasteiger partial charge on any atom is -0.465 e. The fourth-order valence-corrected chi connectivity index (χ4v) is 2.69. The molecule has 0 saturated heterocycles. The second-order valence-corrected chi connectivity index (χ2v) is 6.20. The molecule has 7 nitrogen and oxygen atoms in total. The van der Waals surface area contributed by atoms with Gasteiger partial charge >= 0.3 is 5.97 Å².